The molecule has 0 fully saturated rings. The van der Waals surface area contributed by atoms with Crippen molar-refractivity contribution in [3.63, 3.8) is 0 Å². The van der Waals surface area contributed by atoms with Gasteiger partial charge in [0.05, 0.1) is 5.56 Å². The van der Waals surface area contributed by atoms with Gasteiger partial charge in [-0.05, 0) is 13.0 Å². The lowest BCUT2D eigenvalue weighted by molar-refractivity contribution is 0.534. The number of nitrogens with zero attached hydrogens (tertiary/aromatic N) is 2. The number of nitrogens with one attached hydrogen (secondary N) is 2. The SMILES string of the molecule is Cc1cc(-c2nc3nc(N)[nH]c(=O)c3[nH]2)co1. The van der Waals surface area contributed by atoms with Crippen LogP contribution in [0.25, 0.3) is 22.6 Å². The van der Waals surface area contributed by atoms with Gasteiger partial charge in [-0.2, -0.15) is 4.98 Å². The van der Waals surface area contributed by atoms with Crippen molar-refractivity contribution in [1.29, 1.82) is 0 Å². The molecule has 0 aromatic carbocycles. The highest BCUT2D eigenvalue weighted by Gasteiger charge is 2.11. The summed E-state index contributed by atoms with van der Waals surface area (Å²) in [5, 5.41) is 0. The lowest BCUT2D eigenvalue weighted by atomic mass is 10.3. The summed E-state index contributed by atoms with van der Waals surface area (Å²) in [4.78, 5) is 25.0. The molecule has 0 bridgehead atoms. The molecule has 0 saturated heterocycles. The van der Waals surface area contributed by atoms with Crippen LogP contribution in [0.2, 0.25) is 0 Å². The number of nitrogen functional groups attached to an aromatic ring is 1. The van der Waals surface area contributed by atoms with Crippen molar-refractivity contribution in [2.24, 2.45) is 0 Å². The molecule has 86 valence electrons. The smallest absolute Gasteiger partial charge is 0.278 e. The molecular formula is C10H9N5O2. The number of aryl methyl sites for hydroxylation is 1. The lowest BCUT2D eigenvalue weighted by Crippen LogP contribution is -2.10. The predicted molar refractivity (Wildman–Crippen MR) is 61.4 cm³/mol. The van der Waals surface area contributed by atoms with Crippen molar-refractivity contribution in [3.8, 4) is 11.4 Å². The van der Waals surface area contributed by atoms with E-state index in [1.54, 1.807) is 6.26 Å². The van der Waals surface area contributed by atoms with E-state index in [0.717, 1.165) is 11.3 Å². The second-order valence-corrected chi connectivity index (χ2v) is 3.68. The Balaban J connectivity index is 2.27. The highest BCUT2D eigenvalue weighted by molar-refractivity contribution is 5.75. The van der Waals surface area contributed by atoms with E-state index in [1.165, 1.54) is 0 Å². The third-order valence-corrected chi connectivity index (χ3v) is 2.38. The Morgan fingerprint density at radius 1 is 1.35 bits per heavy atom. The summed E-state index contributed by atoms with van der Waals surface area (Å²) in [5.41, 5.74) is 6.45. The van der Waals surface area contributed by atoms with Crippen molar-refractivity contribution in [2.75, 3.05) is 5.73 Å². The van der Waals surface area contributed by atoms with Gasteiger partial charge in [0, 0.05) is 0 Å². The third kappa shape index (κ3) is 1.48. The van der Waals surface area contributed by atoms with Crippen LogP contribution in [0.3, 0.4) is 0 Å². The van der Waals surface area contributed by atoms with E-state index in [0.29, 0.717) is 17.0 Å². The van der Waals surface area contributed by atoms with E-state index in [-0.39, 0.29) is 11.5 Å². The van der Waals surface area contributed by atoms with E-state index in [1.807, 2.05) is 13.0 Å². The molecular weight excluding hydrogens is 222 g/mol. The van der Waals surface area contributed by atoms with Crippen LogP contribution >= 0.6 is 0 Å². The quantitative estimate of drug-likeness (QED) is 0.573. The fraction of sp³-hybridized carbons (Fsp3) is 0.100. The fourth-order valence-corrected chi connectivity index (χ4v) is 1.63. The van der Waals surface area contributed by atoms with Gasteiger partial charge in [-0.1, -0.05) is 0 Å². The maximum Gasteiger partial charge on any atom is 0.278 e. The maximum atomic E-state index is 11.6. The van der Waals surface area contributed by atoms with Gasteiger partial charge in [-0.15, -0.1) is 0 Å². The summed E-state index contributed by atoms with van der Waals surface area (Å²) in [6.45, 7) is 1.83. The van der Waals surface area contributed by atoms with Crippen LogP contribution in [-0.4, -0.2) is 19.9 Å². The minimum Gasteiger partial charge on any atom is -0.469 e. The zero-order valence-electron chi connectivity index (χ0n) is 8.94. The first-order valence-corrected chi connectivity index (χ1v) is 4.94. The Labute approximate surface area is 94.7 Å². The number of hydrogen-bond donors (Lipinski definition) is 3. The largest absolute Gasteiger partial charge is 0.469 e. The molecule has 0 amide bonds. The number of furan rings is 1. The van der Waals surface area contributed by atoms with Crippen LogP contribution in [0.1, 0.15) is 5.76 Å². The molecule has 7 nitrogen and oxygen atoms in total. The Bertz CT molecular complexity index is 751. The molecule has 3 aromatic heterocycles. The topological polar surface area (TPSA) is 114 Å². The molecule has 3 aromatic rings. The standard InChI is InChI=1S/C10H9N5O2/c1-4-2-5(3-17-4)7-12-6-8(13-7)14-10(11)15-9(6)16/h2-3H,1H3,(H4,11,12,13,14,15,16). The van der Waals surface area contributed by atoms with Gasteiger partial charge in [0.2, 0.25) is 5.95 Å². The number of aromatic amines is 2. The number of H-pyrrole nitrogens is 2. The first kappa shape index (κ1) is 9.64. The van der Waals surface area contributed by atoms with Gasteiger partial charge in [0.1, 0.15) is 17.8 Å². The summed E-state index contributed by atoms with van der Waals surface area (Å²) in [6, 6.07) is 1.81. The molecule has 3 rings (SSSR count). The monoisotopic (exact) mass is 231 g/mol. The molecule has 7 heteroatoms. The highest BCUT2D eigenvalue weighted by Crippen LogP contribution is 2.20. The van der Waals surface area contributed by atoms with Crippen molar-refractivity contribution >= 4 is 17.1 Å². The first-order chi connectivity index (χ1) is 8.13. The molecule has 0 saturated carbocycles. The van der Waals surface area contributed by atoms with Crippen molar-refractivity contribution in [2.45, 2.75) is 6.92 Å². The van der Waals surface area contributed by atoms with E-state index in [9.17, 15) is 4.79 Å². The van der Waals surface area contributed by atoms with E-state index in [2.05, 4.69) is 19.9 Å². The van der Waals surface area contributed by atoms with Gasteiger partial charge >= 0.3 is 0 Å². The molecule has 3 heterocycles. The predicted octanol–water partition coefficient (Wildman–Crippen LogP) is 0.797. The van der Waals surface area contributed by atoms with Gasteiger partial charge in [-0.3, -0.25) is 9.78 Å². The minimum absolute atomic E-state index is 0.0453. The van der Waals surface area contributed by atoms with E-state index >= 15 is 0 Å². The summed E-state index contributed by atoms with van der Waals surface area (Å²) < 4.78 is 5.18. The van der Waals surface area contributed by atoms with Gasteiger partial charge in [0.25, 0.3) is 5.56 Å². The Kier molecular flexibility index (Phi) is 1.82. The summed E-state index contributed by atoms with van der Waals surface area (Å²) in [6.07, 6.45) is 1.56. The number of fused-ring (bicyclic) bond motifs is 1. The summed E-state index contributed by atoms with van der Waals surface area (Å²) in [5.74, 6) is 1.34. The zero-order chi connectivity index (χ0) is 12.0. The van der Waals surface area contributed by atoms with Gasteiger partial charge < -0.3 is 15.1 Å². The Morgan fingerprint density at radius 2 is 2.18 bits per heavy atom. The molecule has 17 heavy (non-hydrogen) atoms. The lowest BCUT2D eigenvalue weighted by Gasteiger charge is -1.89. The molecule has 0 aliphatic rings. The molecule has 0 aliphatic carbocycles. The normalized spacial score (nSPS) is 11.1. The zero-order valence-corrected chi connectivity index (χ0v) is 8.94. The van der Waals surface area contributed by atoms with Gasteiger partial charge in [-0.25, -0.2) is 4.98 Å². The molecule has 0 atom stereocenters. The van der Waals surface area contributed by atoms with Crippen LogP contribution in [0.4, 0.5) is 5.95 Å². The number of rotatable bonds is 1. The van der Waals surface area contributed by atoms with Crippen LogP contribution < -0.4 is 11.3 Å². The van der Waals surface area contributed by atoms with Gasteiger partial charge in [0.15, 0.2) is 11.2 Å². The molecule has 0 unspecified atom stereocenters. The van der Waals surface area contributed by atoms with Crippen LogP contribution in [-0.2, 0) is 0 Å². The second kappa shape index (κ2) is 3.21. The summed E-state index contributed by atoms with van der Waals surface area (Å²) >= 11 is 0. The first-order valence-electron chi connectivity index (χ1n) is 4.94. The minimum atomic E-state index is -0.341. The third-order valence-electron chi connectivity index (χ3n) is 2.38. The van der Waals surface area contributed by atoms with E-state index in [4.69, 9.17) is 10.2 Å². The summed E-state index contributed by atoms with van der Waals surface area (Å²) in [7, 11) is 0. The molecule has 4 N–H and O–H groups in total. The molecule has 0 spiro atoms. The van der Waals surface area contributed by atoms with Crippen LogP contribution in [0.5, 0.6) is 0 Å². The number of hydrogen-bond acceptors (Lipinski definition) is 5. The van der Waals surface area contributed by atoms with Crippen molar-refractivity contribution in [3.05, 3.63) is 28.4 Å². The molecule has 0 aliphatic heterocycles. The highest BCUT2D eigenvalue weighted by atomic mass is 16.3. The second-order valence-electron chi connectivity index (χ2n) is 3.68. The average molecular weight is 231 g/mol. The fourth-order valence-electron chi connectivity index (χ4n) is 1.63. The number of aromatic nitrogens is 4. The number of imidazole rings is 1. The Hall–Kier alpha value is -2.57. The van der Waals surface area contributed by atoms with Crippen LogP contribution in [0.15, 0.2) is 21.5 Å². The van der Waals surface area contributed by atoms with Crippen molar-refractivity contribution < 1.29 is 4.42 Å². The van der Waals surface area contributed by atoms with E-state index < -0.39 is 0 Å². The molecule has 0 radical (unpaired) electrons. The Morgan fingerprint density at radius 3 is 2.88 bits per heavy atom. The maximum absolute atomic E-state index is 11.6. The van der Waals surface area contributed by atoms with Crippen molar-refractivity contribution in [1.82, 2.24) is 19.9 Å². The number of anilines is 1. The average Bonchev–Trinajstić information content (AvgIpc) is 2.83. The number of nitrogens with two attached hydrogens (primary N) is 1. The van der Waals surface area contributed by atoms with Crippen LogP contribution in [0, 0.1) is 6.92 Å².